The third kappa shape index (κ3) is 2.82. The van der Waals surface area contributed by atoms with Crippen LogP contribution >= 0.6 is 15.9 Å². The summed E-state index contributed by atoms with van der Waals surface area (Å²) >= 11 is 3.07. The van der Waals surface area contributed by atoms with E-state index < -0.39 is 23.7 Å². The molecule has 4 nitrogen and oxygen atoms in total. The summed E-state index contributed by atoms with van der Waals surface area (Å²) in [4.78, 5) is 23.6. The van der Waals surface area contributed by atoms with Crippen molar-refractivity contribution in [2.75, 3.05) is 7.05 Å². The van der Waals surface area contributed by atoms with E-state index >= 15 is 0 Å². The van der Waals surface area contributed by atoms with E-state index in [0.29, 0.717) is 4.47 Å². The maximum Gasteiger partial charge on any atom is 0.326 e. The van der Waals surface area contributed by atoms with Gasteiger partial charge in [-0.25, -0.2) is 9.18 Å². The molecule has 0 radical (unpaired) electrons. The van der Waals surface area contributed by atoms with Crippen LogP contribution in [0.4, 0.5) is 4.39 Å². The average molecular weight is 304 g/mol. The van der Waals surface area contributed by atoms with E-state index in [1.54, 1.807) is 0 Å². The Morgan fingerprint density at radius 3 is 2.53 bits per heavy atom. The number of likely N-dealkylation sites (N-methyl/N-ethyl adjacent to an activating group) is 1. The lowest BCUT2D eigenvalue weighted by Gasteiger charge is -2.22. The third-order valence-corrected chi connectivity index (χ3v) is 3.10. The molecule has 17 heavy (non-hydrogen) atoms. The van der Waals surface area contributed by atoms with Crippen LogP contribution in [0.1, 0.15) is 17.3 Å². The molecule has 1 amide bonds. The number of hydrogen-bond acceptors (Lipinski definition) is 2. The average Bonchev–Trinajstić information content (AvgIpc) is 2.26. The number of carboxylic acids is 1. The van der Waals surface area contributed by atoms with E-state index in [-0.39, 0.29) is 5.56 Å². The van der Waals surface area contributed by atoms with Crippen molar-refractivity contribution in [1.82, 2.24) is 4.90 Å². The fourth-order valence-electron chi connectivity index (χ4n) is 1.22. The van der Waals surface area contributed by atoms with Crippen molar-refractivity contribution in [1.29, 1.82) is 0 Å². The van der Waals surface area contributed by atoms with Gasteiger partial charge in [0.15, 0.2) is 0 Å². The molecular formula is C11H11BrFNO3. The zero-order valence-corrected chi connectivity index (χ0v) is 10.9. The normalized spacial score (nSPS) is 12.0. The Morgan fingerprint density at radius 1 is 1.47 bits per heavy atom. The number of amides is 1. The second kappa shape index (κ2) is 5.27. The summed E-state index contributed by atoms with van der Waals surface area (Å²) < 4.78 is 13.8. The topological polar surface area (TPSA) is 57.6 Å². The third-order valence-electron chi connectivity index (χ3n) is 2.44. The van der Waals surface area contributed by atoms with Crippen LogP contribution in [0.25, 0.3) is 0 Å². The predicted molar refractivity (Wildman–Crippen MR) is 63.3 cm³/mol. The maximum absolute atomic E-state index is 13.5. The minimum Gasteiger partial charge on any atom is -0.480 e. The summed E-state index contributed by atoms with van der Waals surface area (Å²) in [5.74, 6) is -2.51. The van der Waals surface area contributed by atoms with E-state index in [1.807, 2.05) is 0 Å². The van der Waals surface area contributed by atoms with Gasteiger partial charge in [-0.05, 0) is 35.0 Å². The van der Waals surface area contributed by atoms with Gasteiger partial charge < -0.3 is 10.0 Å². The van der Waals surface area contributed by atoms with E-state index in [2.05, 4.69) is 15.9 Å². The molecule has 0 aliphatic carbocycles. The zero-order valence-electron chi connectivity index (χ0n) is 9.28. The molecule has 92 valence electrons. The van der Waals surface area contributed by atoms with Gasteiger partial charge in [0, 0.05) is 11.5 Å². The van der Waals surface area contributed by atoms with Crippen LogP contribution < -0.4 is 0 Å². The lowest BCUT2D eigenvalue weighted by atomic mass is 10.1. The van der Waals surface area contributed by atoms with Gasteiger partial charge in [0.1, 0.15) is 11.9 Å². The molecule has 1 rings (SSSR count). The molecule has 1 aromatic rings. The van der Waals surface area contributed by atoms with E-state index in [1.165, 1.54) is 26.1 Å². The smallest absolute Gasteiger partial charge is 0.326 e. The molecule has 1 N–H and O–H groups in total. The van der Waals surface area contributed by atoms with Gasteiger partial charge >= 0.3 is 5.97 Å². The van der Waals surface area contributed by atoms with Crippen molar-refractivity contribution in [2.24, 2.45) is 0 Å². The number of hydrogen-bond donors (Lipinski definition) is 1. The van der Waals surface area contributed by atoms with Crippen LogP contribution in [0, 0.1) is 5.82 Å². The molecule has 1 atom stereocenters. The quantitative estimate of drug-likeness (QED) is 0.930. The molecule has 0 spiro atoms. The zero-order chi connectivity index (χ0) is 13.2. The number of nitrogens with zero attached hydrogens (tertiary/aromatic N) is 1. The number of carbonyl (C=O) groups excluding carboxylic acids is 1. The van der Waals surface area contributed by atoms with Crippen molar-refractivity contribution in [3.05, 3.63) is 34.1 Å². The fourth-order valence-corrected chi connectivity index (χ4v) is 1.73. The Labute approximate surface area is 106 Å². The van der Waals surface area contributed by atoms with Crippen molar-refractivity contribution in [3.63, 3.8) is 0 Å². The van der Waals surface area contributed by atoms with Crippen LogP contribution in [0.2, 0.25) is 0 Å². The molecule has 0 bridgehead atoms. The first kappa shape index (κ1) is 13.6. The Kier molecular flexibility index (Phi) is 4.22. The van der Waals surface area contributed by atoms with Crippen molar-refractivity contribution in [3.8, 4) is 0 Å². The van der Waals surface area contributed by atoms with Gasteiger partial charge in [-0.15, -0.1) is 0 Å². The molecule has 1 unspecified atom stereocenters. The van der Waals surface area contributed by atoms with Gasteiger partial charge in [0.25, 0.3) is 5.91 Å². The second-order valence-corrected chi connectivity index (χ2v) is 4.38. The molecule has 0 fully saturated rings. The van der Waals surface area contributed by atoms with E-state index in [0.717, 1.165) is 11.0 Å². The lowest BCUT2D eigenvalue weighted by Crippen LogP contribution is -2.40. The minimum absolute atomic E-state index is 0.164. The number of carbonyl (C=O) groups is 2. The molecule has 0 heterocycles. The summed E-state index contributed by atoms with van der Waals surface area (Å²) in [5, 5.41) is 8.79. The summed E-state index contributed by atoms with van der Waals surface area (Å²) in [6, 6.07) is 3.11. The Morgan fingerprint density at radius 2 is 2.06 bits per heavy atom. The van der Waals surface area contributed by atoms with Gasteiger partial charge in [-0.2, -0.15) is 0 Å². The van der Waals surface area contributed by atoms with E-state index in [4.69, 9.17) is 5.11 Å². The highest BCUT2D eigenvalue weighted by Crippen LogP contribution is 2.21. The second-order valence-electron chi connectivity index (χ2n) is 3.53. The number of carboxylic acid groups (broad SMARTS) is 1. The monoisotopic (exact) mass is 303 g/mol. The Balaban J connectivity index is 3.09. The van der Waals surface area contributed by atoms with Crippen molar-refractivity contribution >= 4 is 27.8 Å². The lowest BCUT2D eigenvalue weighted by molar-refractivity contribution is -0.141. The minimum atomic E-state index is -1.15. The maximum atomic E-state index is 13.5. The number of aliphatic carboxylic acids is 1. The number of benzene rings is 1. The van der Waals surface area contributed by atoms with Crippen LogP contribution in [-0.4, -0.2) is 35.0 Å². The molecule has 0 aromatic heterocycles. The standard InChI is InChI=1S/C11H11BrFNO3/c1-6(11(16)17)14(2)10(15)9-7(12)4-3-5-8(9)13/h3-6H,1-2H3,(H,16,17). The fraction of sp³-hybridized carbons (Fsp3) is 0.273. The molecule has 0 saturated carbocycles. The highest BCUT2D eigenvalue weighted by molar-refractivity contribution is 9.10. The SMILES string of the molecule is CC(C(=O)O)N(C)C(=O)c1c(F)cccc1Br. The molecule has 0 aliphatic heterocycles. The van der Waals surface area contributed by atoms with Crippen LogP contribution in [0.15, 0.2) is 22.7 Å². The first-order chi connectivity index (χ1) is 7.86. The summed E-state index contributed by atoms with van der Waals surface area (Å²) in [6.07, 6.45) is 0. The van der Waals surface area contributed by atoms with Crippen LogP contribution in [0.3, 0.4) is 0 Å². The van der Waals surface area contributed by atoms with Gasteiger partial charge in [0.2, 0.25) is 0 Å². The van der Waals surface area contributed by atoms with Gasteiger partial charge in [-0.3, -0.25) is 4.79 Å². The predicted octanol–water partition coefficient (Wildman–Crippen LogP) is 2.13. The molecule has 1 aromatic carbocycles. The van der Waals surface area contributed by atoms with Crippen LogP contribution in [0.5, 0.6) is 0 Å². The Hall–Kier alpha value is -1.43. The van der Waals surface area contributed by atoms with Crippen molar-refractivity contribution < 1.29 is 19.1 Å². The van der Waals surface area contributed by atoms with Crippen molar-refractivity contribution in [2.45, 2.75) is 13.0 Å². The summed E-state index contributed by atoms with van der Waals surface area (Å²) in [7, 11) is 1.32. The molecular weight excluding hydrogens is 293 g/mol. The summed E-state index contributed by atoms with van der Waals surface area (Å²) in [6.45, 7) is 1.36. The highest BCUT2D eigenvalue weighted by atomic mass is 79.9. The number of rotatable bonds is 3. The van der Waals surface area contributed by atoms with Gasteiger partial charge in [0.05, 0.1) is 5.56 Å². The number of halogens is 2. The molecule has 0 saturated heterocycles. The molecule has 6 heteroatoms. The van der Waals surface area contributed by atoms with Crippen LogP contribution in [-0.2, 0) is 4.79 Å². The Bertz CT molecular complexity index is 444. The largest absolute Gasteiger partial charge is 0.480 e. The summed E-state index contributed by atoms with van der Waals surface area (Å²) in [5.41, 5.74) is -0.164. The van der Waals surface area contributed by atoms with E-state index in [9.17, 15) is 14.0 Å². The highest BCUT2D eigenvalue weighted by Gasteiger charge is 2.26. The first-order valence-electron chi connectivity index (χ1n) is 4.80. The first-order valence-corrected chi connectivity index (χ1v) is 5.59. The molecule has 0 aliphatic rings. The van der Waals surface area contributed by atoms with Gasteiger partial charge in [-0.1, -0.05) is 6.07 Å².